The fourth-order valence-electron chi connectivity index (χ4n) is 2.34. The van der Waals surface area contributed by atoms with Gasteiger partial charge >= 0.3 is 0 Å². The van der Waals surface area contributed by atoms with E-state index in [1.54, 1.807) is 48.5 Å². The molecule has 0 bridgehead atoms. The van der Waals surface area contributed by atoms with E-state index in [-0.39, 0.29) is 11.3 Å². The van der Waals surface area contributed by atoms with Crippen LogP contribution in [0, 0.1) is 21.4 Å². The Morgan fingerprint density at radius 1 is 1.07 bits per heavy atom. The van der Waals surface area contributed by atoms with Gasteiger partial charge in [-0.25, -0.2) is 0 Å². The number of nitriles is 1. The molecule has 0 aliphatic carbocycles. The van der Waals surface area contributed by atoms with Gasteiger partial charge in [0.15, 0.2) is 0 Å². The summed E-state index contributed by atoms with van der Waals surface area (Å²) in [6.07, 6.45) is 1.34. The topological polar surface area (TPSA) is 109 Å². The molecule has 0 atom stereocenters. The van der Waals surface area contributed by atoms with Crippen molar-refractivity contribution in [3.05, 3.63) is 88.2 Å². The summed E-state index contributed by atoms with van der Waals surface area (Å²) in [6, 6.07) is 19.8. The maximum atomic E-state index is 12.2. The molecule has 7 heteroatoms. The summed E-state index contributed by atoms with van der Waals surface area (Å²) in [6.45, 7) is 0. The molecule has 0 aliphatic heterocycles. The first-order chi connectivity index (χ1) is 13.1. The van der Waals surface area contributed by atoms with Crippen LogP contribution in [0.3, 0.4) is 0 Å². The number of carbonyl (C=O) groups is 1. The average molecular weight is 359 g/mol. The molecule has 0 saturated heterocycles. The first-order valence-electron chi connectivity index (χ1n) is 7.89. The third-order valence-electron chi connectivity index (χ3n) is 3.67. The predicted molar refractivity (Wildman–Crippen MR) is 99.5 cm³/mol. The summed E-state index contributed by atoms with van der Waals surface area (Å²) in [5, 5.41) is 22.6. The maximum Gasteiger partial charge on any atom is 0.269 e. The van der Waals surface area contributed by atoms with Gasteiger partial charge in [-0.05, 0) is 36.4 Å². The minimum atomic E-state index is -0.544. The van der Waals surface area contributed by atoms with Crippen LogP contribution in [0.15, 0.2) is 76.7 Å². The fourth-order valence-corrected chi connectivity index (χ4v) is 2.34. The second-order valence-electron chi connectivity index (χ2n) is 5.50. The van der Waals surface area contributed by atoms with Gasteiger partial charge < -0.3 is 9.73 Å². The third kappa shape index (κ3) is 4.27. The molecule has 2 aromatic carbocycles. The lowest BCUT2D eigenvalue weighted by atomic mass is 10.1. The van der Waals surface area contributed by atoms with E-state index in [1.807, 2.05) is 12.1 Å². The molecule has 3 rings (SSSR count). The number of furan rings is 1. The van der Waals surface area contributed by atoms with Crippen molar-refractivity contribution in [2.24, 2.45) is 0 Å². The Balaban J connectivity index is 1.79. The van der Waals surface area contributed by atoms with E-state index >= 15 is 0 Å². The van der Waals surface area contributed by atoms with Crippen molar-refractivity contribution in [2.45, 2.75) is 0 Å². The van der Waals surface area contributed by atoms with Gasteiger partial charge in [-0.3, -0.25) is 14.9 Å². The van der Waals surface area contributed by atoms with E-state index < -0.39 is 10.8 Å². The molecule has 1 heterocycles. The summed E-state index contributed by atoms with van der Waals surface area (Å²) < 4.78 is 5.63. The van der Waals surface area contributed by atoms with Gasteiger partial charge in [0, 0.05) is 29.5 Å². The lowest BCUT2D eigenvalue weighted by molar-refractivity contribution is -0.384. The summed E-state index contributed by atoms with van der Waals surface area (Å²) in [7, 11) is 0. The zero-order chi connectivity index (χ0) is 19.2. The largest absolute Gasteiger partial charge is 0.457 e. The Labute approximate surface area is 154 Å². The maximum absolute atomic E-state index is 12.2. The van der Waals surface area contributed by atoms with Gasteiger partial charge in [-0.2, -0.15) is 5.26 Å². The molecule has 0 saturated carbocycles. The minimum absolute atomic E-state index is 0.0187. The van der Waals surface area contributed by atoms with Gasteiger partial charge in [0.2, 0.25) is 0 Å². The Bertz CT molecular complexity index is 1040. The van der Waals surface area contributed by atoms with Crippen LogP contribution in [0.4, 0.5) is 11.4 Å². The van der Waals surface area contributed by atoms with Crippen molar-refractivity contribution < 1.29 is 14.1 Å². The van der Waals surface area contributed by atoms with Crippen LogP contribution in [0.2, 0.25) is 0 Å². The standard InChI is InChI=1S/C20H13N3O4/c21-13-15(20(24)22-16-4-2-1-3-5-16)12-18-10-11-19(27-18)14-6-8-17(9-7-14)23(25)26/h1-12H,(H,22,24). The van der Waals surface area contributed by atoms with Gasteiger partial charge in [-0.1, -0.05) is 18.2 Å². The number of hydrogen-bond donors (Lipinski definition) is 1. The summed E-state index contributed by atoms with van der Waals surface area (Å²) in [4.78, 5) is 22.4. The highest BCUT2D eigenvalue weighted by Crippen LogP contribution is 2.25. The monoisotopic (exact) mass is 359 g/mol. The lowest BCUT2D eigenvalue weighted by Gasteiger charge is -2.03. The molecule has 0 aliphatic rings. The molecule has 7 nitrogen and oxygen atoms in total. The second kappa shape index (κ2) is 7.80. The lowest BCUT2D eigenvalue weighted by Crippen LogP contribution is -2.13. The molecule has 0 unspecified atom stereocenters. The minimum Gasteiger partial charge on any atom is -0.457 e. The van der Waals surface area contributed by atoms with E-state index in [2.05, 4.69) is 5.32 Å². The van der Waals surface area contributed by atoms with E-state index in [0.717, 1.165) is 0 Å². The summed E-state index contributed by atoms with van der Waals surface area (Å²) >= 11 is 0. The van der Waals surface area contributed by atoms with Crippen LogP contribution in [0.1, 0.15) is 5.76 Å². The van der Waals surface area contributed by atoms with Crippen molar-refractivity contribution in [3.8, 4) is 17.4 Å². The number of carbonyl (C=O) groups excluding carboxylic acids is 1. The van der Waals surface area contributed by atoms with Crippen LogP contribution in [0.5, 0.6) is 0 Å². The molecular weight excluding hydrogens is 346 g/mol. The number of nitro benzene ring substituents is 1. The molecule has 1 N–H and O–H groups in total. The fraction of sp³-hybridized carbons (Fsp3) is 0. The number of nitro groups is 1. The first kappa shape index (κ1) is 17.6. The predicted octanol–water partition coefficient (Wildman–Crippen LogP) is 4.40. The van der Waals surface area contributed by atoms with E-state index in [4.69, 9.17) is 4.42 Å². The normalized spacial score (nSPS) is 10.9. The number of hydrogen-bond acceptors (Lipinski definition) is 5. The van der Waals surface area contributed by atoms with Crippen LogP contribution in [-0.2, 0) is 4.79 Å². The zero-order valence-corrected chi connectivity index (χ0v) is 14.0. The Morgan fingerprint density at radius 2 is 1.78 bits per heavy atom. The van der Waals surface area contributed by atoms with Crippen LogP contribution >= 0.6 is 0 Å². The quantitative estimate of drug-likeness (QED) is 0.314. The molecule has 3 aromatic rings. The Hall–Kier alpha value is -4.18. The van der Waals surface area contributed by atoms with Crippen molar-refractivity contribution >= 4 is 23.4 Å². The smallest absolute Gasteiger partial charge is 0.269 e. The van der Waals surface area contributed by atoms with Crippen molar-refractivity contribution in [1.29, 1.82) is 5.26 Å². The number of benzene rings is 2. The second-order valence-corrected chi connectivity index (χ2v) is 5.50. The van der Waals surface area contributed by atoms with Crippen LogP contribution < -0.4 is 5.32 Å². The molecular formula is C20H13N3O4. The number of para-hydroxylation sites is 1. The number of anilines is 1. The SMILES string of the molecule is N#CC(=Cc1ccc(-c2ccc([N+](=O)[O-])cc2)o1)C(=O)Nc1ccccc1. The molecule has 0 fully saturated rings. The van der Waals surface area contributed by atoms with E-state index in [0.29, 0.717) is 22.8 Å². The van der Waals surface area contributed by atoms with Crippen molar-refractivity contribution in [2.75, 3.05) is 5.32 Å². The van der Waals surface area contributed by atoms with Gasteiger partial charge in [0.1, 0.15) is 23.2 Å². The molecule has 1 amide bonds. The third-order valence-corrected chi connectivity index (χ3v) is 3.67. The summed E-state index contributed by atoms with van der Waals surface area (Å²) in [5.74, 6) is 0.247. The molecule has 0 spiro atoms. The molecule has 0 radical (unpaired) electrons. The van der Waals surface area contributed by atoms with Crippen LogP contribution in [0.25, 0.3) is 17.4 Å². The number of rotatable bonds is 5. The highest BCUT2D eigenvalue weighted by atomic mass is 16.6. The van der Waals surface area contributed by atoms with Gasteiger partial charge in [0.05, 0.1) is 4.92 Å². The molecule has 132 valence electrons. The highest BCUT2D eigenvalue weighted by Gasteiger charge is 2.12. The van der Waals surface area contributed by atoms with Gasteiger partial charge in [-0.15, -0.1) is 0 Å². The van der Waals surface area contributed by atoms with E-state index in [9.17, 15) is 20.2 Å². The van der Waals surface area contributed by atoms with Crippen LogP contribution in [-0.4, -0.2) is 10.8 Å². The highest BCUT2D eigenvalue weighted by molar-refractivity contribution is 6.09. The number of nitrogens with zero attached hydrogens (tertiary/aromatic N) is 2. The van der Waals surface area contributed by atoms with E-state index in [1.165, 1.54) is 18.2 Å². The number of amides is 1. The zero-order valence-electron chi connectivity index (χ0n) is 14.0. The Kier molecular flexibility index (Phi) is 5.10. The number of non-ortho nitro benzene ring substituents is 1. The van der Waals surface area contributed by atoms with Crippen molar-refractivity contribution in [3.63, 3.8) is 0 Å². The Morgan fingerprint density at radius 3 is 2.41 bits per heavy atom. The number of nitrogens with one attached hydrogen (secondary N) is 1. The first-order valence-corrected chi connectivity index (χ1v) is 7.89. The van der Waals surface area contributed by atoms with Gasteiger partial charge in [0.25, 0.3) is 11.6 Å². The molecule has 27 heavy (non-hydrogen) atoms. The summed E-state index contributed by atoms with van der Waals surface area (Å²) in [5.41, 5.74) is 1.10. The average Bonchev–Trinajstić information content (AvgIpc) is 3.15. The van der Waals surface area contributed by atoms with Crippen molar-refractivity contribution in [1.82, 2.24) is 0 Å². The molecule has 1 aromatic heterocycles.